The monoisotopic (exact) mass is 299 g/mol. The maximum absolute atomic E-state index is 13.2. The van der Waals surface area contributed by atoms with Crippen LogP contribution in [0.2, 0.25) is 5.02 Å². The van der Waals surface area contributed by atoms with Crippen LogP contribution >= 0.6 is 11.6 Å². The van der Waals surface area contributed by atoms with E-state index >= 15 is 0 Å². The molecule has 0 spiro atoms. The van der Waals surface area contributed by atoms with E-state index < -0.39 is 0 Å². The normalized spacial score (nSPS) is 23.9. The summed E-state index contributed by atoms with van der Waals surface area (Å²) in [5.41, 5.74) is 0.975. The minimum absolute atomic E-state index is 0.0494. The SMILES string of the molecule is CC(C)(C)NCC1CCCOC1c1ccc(F)cc1Cl. The molecule has 1 aliphatic heterocycles. The zero-order chi connectivity index (χ0) is 14.8. The van der Waals surface area contributed by atoms with Crippen LogP contribution < -0.4 is 5.32 Å². The van der Waals surface area contributed by atoms with E-state index in [-0.39, 0.29) is 17.5 Å². The molecule has 2 rings (SSSR count). The number of halogens is 2. The number of nitrogens with one attached hydrogen (secondary N) is 1. The highest BCUT2D eigenvalue weighted by Gasteiger charge is 2.29. The summed E-state index contributed by atoms with van der Waals surface area (Å²) in [7, 11) is 0. The van der Waals surface area contributed by atoms with Gasteiger partial charge < -0.3 is 10.1 Å². The molecule has 2 atom stereocenters. The molecular weight excluding hydrogens is 277 g/mol. The van der Waals surface area contributed by atoms with Gasteiger partial charge in [-0.3, -0.25) is 0 Å². The van der Waals surface area contributed by atoms with E-state index in [1.54, 1.807) is 6.07 Å². The topological polar surface area (TPSA) is 21.3 Å². The van der Waals surface area contributed by atoms with Crippen molar-refractivity contribution in [3.8, 4) is 0 Å². The van der Waals surface area contributed by atoms with Crippen molar-refractivity contribution in [3.63, 3.8) is 0 Å². The lowest BCUT2D eigenvalue weighted by molar-refractivity contribution is -0.0292. The van der Waals surface area contributed by atoms with E-state index in [0.29, 0.717) is 10.9 Å². The summed E-state index contributed by atoms with van der Waals surface area (Å²) in [4.78, 5) is 0. The van der Waals surface area contributed by atoms with Gasteiger partial charge in [-0.2, -0.15) is 0 Å². The third-order valence-corrected chi connectivity index (χ3v) is 3.94. The lowest BCUT2D eigenvalue weighted by Gasteiger charge is -2.35. The minimum Gasteiger partial charge on any atom is -0.373 e. The fourth-order valence-corrected chi connectivity index (χ4v) is 2.84. The highest BCUT2D eigenvalue weighted by atomic mass is 35.5. The van der Waals surface area contributed by atoms with Crippen molar-refractivity contribution < 1.29 is 9.13 Å². The van der Waals surface area contributed by atoms with Gasteiger partial charge in [0.05, 0.1) is 6.10 Å². The van der Waals surface area contributed by atoms with Crippen LogP contribution in [-0.4, -0.2) is 18.7 Å². The molecule has 0 aliphatic carbocycles. The Morgan fingerprint density at radius 1 is 1.40 bits per heavy atom. The lowest BCUT2D eigenvalue weighted by atomic mass is 9.88. The number of rotatable bonds is 3. The zero-order valence-corrected chi connectivity index (χ0v) is 13.1. The third kappa shape index (κ3) is 4.18. The summed E-state index contributed by atoms with van der Waals surface area (Å²) in [6.07, 6.45) is 2.11. The van der Waals surface area contributed by atoms with Crippen LogP contribution in [0.15, 0.2) is 18.2 Å². The number of benzene rings is 1. The van der Waals surface area contributed by atoms with Crippen LogP contribution in [-0.2, 0) is 4.74 Å². The highest BCUT2D eigenvalue weighted by Crippen LogP contribution is 2.37. The molecule has 112 valence electrons. The average molecular weight is 300 g/mol. The lowest BCUT2D eigenvalue weighted by Crippen LogP contribution is -2.41. The van der Waals surface area contributed by atoms with Crippen molar-refractivity contribution >= 4 is 11.6 Å². The Morgan fingerprint density at radius 2 is 2.15 bits per heavy atom. The van der Waals surface area contributed by atoms with Crippen LogP contribution in [0.1, 0.15) is 45.3 Å². The van der Waals surface area contributed by atoms with Crippen molar-refractivity contribution in [2.24, 2.45) is 5.92 Å². The summed E-state index contributed by atoms with van der Waals surface area (Å²) < 4.78 is 19.1. The fraction of sp³-hybridized carbons (Fsp3) is 0.625. The Labute approximate surface area is 125 Å². The van der Waals surface area contributed by atoms with Gasteiger partial charge in [0.2, 0.25) is 0 Å². The van der Waals surface area contributed by atoms with Gasteiger partial charge in [-0.15, -0.1) is 0 Å². The van der Waals surface area contributed by atoms with E-state index in [1.165, 1.54) is 12.1 Å². The van der Waals surface area contributed by atoms with Gasteiger partial charge in [-0.05, 0) is 51.3 Å². The highest BCUT2D eigenvalue weighted by molar-refractivity contribution is 6.31. The summed E-state index contributed by atoms with van der Waals surface area (Å²) >= 11 is 6.18. The number of hydrogen-bond acceptors (Lipinski definition) is 2. The van der Waals surface area contributed by atoms with E-state index in [4.69, 9.17) is 16.3 Å². The van der Waals surface area contributed by atoms with Crippen LogP contribution in [0.5, 0.6) is 0 Å². The molecule has 0 radical (unpaired) electrons. The molecule has 1 aromatic carbocycles. The first-order valence-electron chi connectivity index (χ1n) is 7.18. The van der Waals surface area contributed by atoms with Gasteiger partial charge >= 0.3 is 0 Å². The summed E-state index contributed by atoms with van der Waals surface area (Å²) in [6.45, 7) is 8.07. The molecule has 1 N–H and O–H groups in total. The molecule has 1 aliphatic rings. The minimum atomic E-state index is -0.307. The molecule has 1 heterocycles. The largest absolute Gasteiger partial charge is 0.373 e. The Bertz CT molecular complexity index is 458. The summed E-state index contributed by atoms with van der Waals surface area (Å²) in [6, 6.07) is 4.56. The van der Waals surface area contributed by atoms with Crippen LogP contribution in [0.25, 0.3) is 0 Å². The molecule has 1 fully saturated rings. The van der Waals surface area contributed by atoms with Gasteiger partial charge in [-0.1, -0.05) is 17.7 Å². The van der Waals surface area contributed by atoms with Gasteiger partial charge in [0, 0.05) is 29.6 Å². The van der Waals surface area contributed by atoms with E-state index in [0.717, 1.165) is 31.6 Å². The summed E-state index contributed by atoms with van der Waals surface area (Å²) in [5.74, 6) is 0.0601. The van der Waals surface area contributed by atoms with E-state index in [2.05, 4.69) is 26.1 Å². The number of ether oxygens (including phenoxy) is 1. The molecule has 2 unspecified atom stereocenters. The molecule has 0 aromatic heterocycles. The first-order chi connectivity index (χ1) is 9.37. The zero-order valence-electron chi connectivity index (χ0n) is 12.4. The molecule has 0 saturated carbocycles. The molecule has 20 heavy (non-hydrogen) atoms. The molecule has 2 nitrogen and oxygen atoms in total. The van der Waals surface area contributed by atoms with Crippen molar-refractivity contribution in [2.45, 2.75) is 45.3 Å². The van der Waals surface area contributed by atoms with Crippen molar-refractivity contribution in [3.05, 3.63) is 34.6 Å². The third-order valence-electron chi connectivity index (χ3n) is 3.61. The second kappa shape index (κ2) is 6.42. The standard InChI is InChI=1S/C16H23ClFNO/c1-16(2,3)19-10-11-5-4-8-20-15(11)13-7-6-12(18)9-14(13)17/h6-7,9,11,15,19H,4-5,8,10H2,1-3H3. The maximum atomic E-state index is 13.2. The van der Waals surface area contributed by atoms with Gasteiger partial charge in [0.1, 0.15) is 5.82 Å². The first-order valence-corrected chi connectivity index (χ1v) is 7.56. The van der Waals surface area contributed by atoms with Gasteiger partial charge in [0.15, 0.2) is 0 Å². The first kappa shape index (κ1) is 15.7. The van der Waals surface area contributed by atoms with Crippen molar-refractivity contribution in [2.75, 3.05) is 13.2 Å². The average Bonchev–Trinajstić information content (AvgIpc) is 2.36. The van der Waals surface area contributed by atoms with E-state index in [1.807, 2.05) is 0 Å². The van der Waals surface area contributed by atoms with Gasteiger partial charge in [-0.25, -0.2) is 4.39 Å². The predicted octanol–water partition coefficient (Wildman–Crippen LogP) is 4.33. The molecule has 1 saturated heterocycles. The van der Waals surface area contributed by atoms with Crippen LogP contribution in [0, 0.1) is 11.7 Å². The maximum Gasteiger partial charge on any atom is 0.124 e. The Balaban J connectivity index is 2.14. The van der Waals surface area contributed by atoms with Gasteiger partial charge in [0.25, 0.3) is 0 Å². The Morgan fingerprint density at radius 3 is 2.80 bits per heavy atom. The Kier molecular flexibility index (Phi) is 5.05. The quantitative estimate of drug-likeness (QED) is 0.896. The summed E-state index contributed by atoms with van der Waals surface area (Å²) in [5, 5.41) is 3.98. The molecular formula is C16H23ClFNO. The number of hydrogen-bond donors (Lipinski definition) is 1. The molecule has 4 heteroatoms. The van der Waals surface area contributed by atoms with Crippen LogP contribution in [0.4, 0.5) is 4.39 Å². The van der Waals surface area contributed by atoms with Crippen LogP contribution in [0.3, 0.4) is 0 Å². The fourth-order valence-electron chi connectivity index (χ4n) is 2.57. The second-order valence-corrected chi connectivity index (χ2v) is 6.90. The smallest absolute Gasteiger partial charge is 0.124 e. The van der Waals surface area contributed by atoms with E-state index in [9.17, 15) is 4.39 Å². The van der Waals surface area contributed by atoms with Crippen molar-refractivity contribution in [1.82, 2.24) is 5.32 Å². The molecule has 0 amide bonds. The predicted molar refractivity (Wildman–Crippen MR) is 80.6 cm³/mol. The second-order valence-electron chi connectivity index (χ2n) is 6.49. The molecule has 0 bridgehead atoms. The molecule has 1 aromatic rings. The van der Waals surface area contributed by atoms with Crippen molar-refractivity contribution in [1.29, 1.82) is 0 Å². The Hall–Kier alpha value is -0.640.